The number of aromatic hydroxyl groups is 2. The number of pyridine rings is 1. The van der Waals surface area contributed by atoms with Crippen LogP contribution < -0.4 is 5.43 Å². The van der Waals surface area contributed by atoms with E-state index in [1.807, 2.05) is 6.07 Å². The Morgan fingerprint density at radius 2 is 1.78 bits per heavy atom. The van der Waals surface area contributed by atoms with Crippen molar-refractivity contribution in [3.8, 4) is 11.5 Å². The number of benzene rings is 2. The maximum atomic E-state index is 11.9. The van der Waals surface area contributed by atoms with E-state index in [4.69, 9.17) is 0 Å². The van der Waals surface area contributed by atoms with E-state index in [2.05, 4.69) is 15.5 Å². The van der Waals surface area contributed by atoms with Crippen LogP contribution in [0.5, 0.6) is 11.5 Å². The van der Waals surface area contributed by atoms with Crippen LogP contribution in [0.3, 0.4) is 0 Å². The number of hydrogen-bond acceptors (Lipinski definition) is 5. The van der Waals surface area contributed by atoms with Crippen LogP contribution in [-0.2, 0) is 0 Å². The molecule has 1 amide bonds. The maximum Gasteiger partial charge on any atom is 0.275 e. The highest BCUT2D eigenvalue weighted by molar-refractivity contribution is 5.97. The summed E-state index contributed by atoms with van der Waals surface area (Å²) in [5.41, 5.74) is 3.40. The van der Waals surface area contributed by atoms with Gasteiger partial charge in [0.2, 0.25) is 0 Å². The number of para-hydroxylation sites is 2. The van der Waals surface area contributed by atoms with Crippen LogP contribution in [0.2, 0.25) is 0 Å². The predicted octanol–water partition coefficient (Wildman–Crippen LogP) is 2.41. The molecular weight excluding hydrogens is 294 g/mol. The van der Waals surface area contributed by atoms with Gasteiger partial charge in [-0.3, -0.25) is 4.79 Å². The Hall–Kier alpha value is -3.41. The topological polar surface area (TPSA) is 94.8 Å². The monoisotopic (exact) mass is 307 g/mol. The van der Waals surface area contributed by atoms with Gasteiger partial charge in [0.1, 0.15) is 17.0 Å². The van der Waals surface area contributed by atoms with Crippen LogP contribution in [-0.4, -0.2) is 27.3 Å². The number of phenols is 2. The molecule has 1 aromatic heterocycles. The van der Waals surface area contributed by atoms with Crippen molar-refractivity contribution in [1.82, 2.24) is 10.4 Å². The first-order valence-electron chi connectivity index (χ1n) is 6.85. The van der Waals surface area contributed by atoms with Gasteiger partial charge in [0.05, 0.1) is 17.5 Å². The highest BCUT2D eigenvalue weighted by Gasteiger charge is 2.08. The van der Waals surface area contributed by atoms with Gasteiger partial charge in [0.25, 0.3) is 5.91 Å². The fourth-order valence-electron chi connectivity index (χ4n) is 2.10. The van der Waals surface area contributed by atoms with Crippen LogP contribution >= 0.6 is 0 Å². The predicted molar refractivity (Wildman–Crippen MR) is 86.6 cm³/mol. The molecule has 23 heavy (non-hydrogen) atoms. The van der Waals surface area contributed by atoms with E-state index in [1.165, 1.54) is 18.3 Å². The number of fused-ring (bicyclic) bond motifs is 1. The van der Waals surface area contributed by atoms with E-state index >= 15 is 0 Å². The van der Waals surface area contributed by atoms with Crippen molar-refractivity contribution in [2.75, 3.05) is 0 Å². The summed E-state index contributed by atoms with van der Waals surface area (Å²) in [5.74, 6) is -0.562. The molecule has 0 fully saturated rings. The first-order chi connectivity index (χ1) is 11.1. The van der Waals surface area contributed by atoms with Crippen molar-refractivity contribution in [2.24, 2.45) is 5.10 Å². The average molecular weight is 307 g/mol. The molecule has 0 aliphatic rings. The first-order valence-corrected chi connectivity index (χ1v) is 6.85. The number of hydrogen-bond donors (Lipinski definition) is 3. The molecule has 3 rings (SSSR count). The third-order valence-corrected chi connectivity index (χ3v) is 3.23. The lowest BCUT2D eigenvalue weighted by Gasteiger charge is -2.02. The third kappa shape index (κ3) is 3.11. The summed E-state index contributed by atoms with van der Waals surface area (Å²) >= 11 is 0. The number of nitrogens with one attached hydrogen (secondary N) is 1. The molecule has 0 atom stereocenters. The first kappa shape index (κ1) is 14.5. The number of carbonyl (C=O) groups is 1. The summed E-state index contributed by atoms with van der Waals surface area (Å²) in [6, 6.07) is 14.8. The van der Waals surface area contributed by atoms with Crippen molar-refractivity contribution in [2.45, 2.75) is 0 Å². The van der Waals surface area contributed by atoms with Gasteiger partial charge in [-0.05, 0) is 24.3 Å². The Kier molecular flexibility index (Phi) is 3.88. The molecule has 3 N–H and O–H groups in total. The van der Waals surface area contributed by atoms with Gasteiger partial charge in [0.15, 0.2) is 0 Å². The Morgan fingerprint density at radius 1 is 1.00 bits per heavy atom. The number of carbonyl (C=O) groups excluding carboxylic acids is 1. The van der Waals surface area contributed by atoms with Crippen LogP contribution in [0, 0.1) is 0 Å². The minimum absolute atomic E-state index is 0.0796. The molecule has 6 nitrogen and oxygen atoms in total. The van der Waals surface area contributed by atoms with Crippen LogP contribution in [0.15, 0.2) is 59.7 Å². The molecule has 0 aliphatic heterocycles. The molecule has 0 spiro atoms. The highest BCUT2D eigenvalue weighted by Crippen LogP contribution is 2.21. The summed E-state index contributed by atoms with van der Waals surface area (Å²) in [4.78, 5) is 16.1. The molecule has 3 aromatic rings. The van der Waals surface area contributed by atoms with Crippen molar-refractivity contribution < 1.29 is 15.0 Å². The SMILES string of the molecule is O=C(NN=Cc1ccc2cccc(O)c2n1)c1ccccc1O. The van der Waals surface area contributed by atoms with Crippen LogP contribution in [0.1, 0.15) is 16.1 Å². The van der Waals surface area contributed by atoms with Gasteiger partial charge >= 0.3 is 0 Å². The second kappa shape index (κ2) is 6.15. The standard InChI is InChI=1S/C17H13N3O3/c21-14-6-2-1-5-13(14)17(23)20-18-10-12-9-8-11-4-3-7-15(22)16(11)19-12/h1-10,21-22H,(H,20,23). The zero-order valence-corrected chi connectivity index (χ0v) is 12.0. The Morgan fingerprint density at radius 3 is 2.61 bits per heavy atom. The average Bonchev–Trinajstić information content (AvgIpc) is 2.56. The summed E-state index contributed by atoms with van der Waals surface area (Å²) < 4.78 is 0. The van der Waals surface area contributed by atoms with E-state index in [0.717, 1.165) is 5.39 Å². The van der Waals surface area contributed by atoms with Gasteiger partial charge in [-0.25, -0.2) is 10.4 Å². The second-order valence-electron chi connectivity index (χ2n) is 4.80. The van der Waals surface area contributed by atoms with Gasteiger partial charge in [-0.2, -0.15) is 5.10 Å². The molecule has 6 heteroatoms. The van der Waals surface area contributed by atoms with Crippen molar-refractivity contribution in [3.05, 3.63) is 65.9 Å². The molecule has 0 radical (unpaired) electrons. The Bertz CT molecular complexity index is 906. The number of phenolic OH excluding ortho intramolecular Hbond substituents is 2. The Labute approximate surface area is 131 Å². The number of aromatic nitrogens is 1. The highest BCUT2D eigenvalue weighted by atomic mass is 16.3. The largest absolute Gasteiger partial charge is 0.507 e. The molecule has 0 saturated carbocycles. The third-order valence-electron chi connectivity index (χ3n) is 3.23. The normalized spacial score (nSPS) is 11.0. The van der Waals surface area contributed by atoms with Crippen LogP contribution in [0.25, 0.3) is 10.9 Å². The van der Waals surface area contributed by atoms with Crippen molar-refractivity contribution >= 4 is 23.0 Å². The lowest BCUT2D eigenvalue weighted by atomic mass is 10.2. The summed E-state index contributed by atoms with van der Waals surface area (Å²) in [6.07, 6.45) is 1.36. The molecule has 0 saturated heterocycles. The van der Waals surface area contributed by atoms with Gasteiger partial charge in [0, 0.05) is 5.39 Å². The lowest BCUT2D eigenvalue weighted by Crippen LogP contribution is -2.17. The summed E-state index contributed by atoms with van der Waals surface area (Å²) in [5, 5.41) is 24.0. The van der Waals surface area contributed by atoms with Crippen LogP contribution in [0.4, 0.5) is 0 Å². The van der Waals surface area contributed by atoms with Gasteiger partial charge in [-0.1, -0.05) is 30.3 Å². The fourth-order valence-corrected chi connectivity index (χ4v) is 2.10. The quantitative estimate of drug-likeness (QED) is 0.511. The molecule has 0 aliphatic carbocycles. The van der Waals surface area contributed by atoms with E-state index < -0.39 is 5.91 Å². The number of amides is 1. The Balaban J connectivity index is 1.77. The molecular formula is C17H13N3O3. The van der Waals surface area contributed by atoms with E-state index in [-0.39, 0.29) is 17.1 Å². The van der Waals surface area contributed by atoms with Gasteiger partial charge in [-0.15, -0.1) is 0 Å². The lowest BCUT2D eigenvalue weighted by molar-refractivity contribution is 0.0952. The van der Waals surface area contributed by atoms with Crippen molar-refractivity contribution in [3.63, 3.8) is 0 Å². The smallest absolute Gasteiger partial charge is 0.275 e. The number of hydrazone groups is 1. The van der Waals surface area contributed by atoms with E-state index in [1.54, 1.807) is 36.4 Å². The number of rotatable bonds is 3. The maximum absolute atomic E-state index is 11.9. The summed E-state index contributed by atoms with van der Waals surface area (Å²) in [6.45, 7) is 0. The minimum Gasteiger partial charge on any atom is -0.507 e. The minimum atomic E-state index is -0.525. The summed E-state index contributed by atoms with van der Waals surface area (Å²) in [7, 11) is 0. The molecule has 2 aromatic carbocycles. The zero-order valence-electron chi connectivity index (χ0n) is 12.0. The molecule has 0 unspecified atom stereocenters. The molecule has 114 valence electrons. The second-order valence-corrected chi connectivity index (χ2v) is 4.80. The van der Waals surface area contributed by atoms with Gasteiger partial charge < -0.3 is 10.2 Å². The fraction of sp³-hybridized carbons (Fsp3) is 0. The van der Waals surface area contributed by atoms with Crippen molar-refractivity contribution in [1.29, 1.82) is 0 Å². The molecule has 1 heterocycles. The zero-order chi connectivity index (χ0) is 16.2. The molecule has 0 bridgehead atoms. The van der Waals surface area contributed by atoms with E-state index in [9.17, 15) is 15.0 Å². The van der Waals surface area contributed by atoms with E-state index in [0.29, 0.717) is 11.2 Å². The number of nitrogens with zero attached hydrogens (tertiary/aromatic N) is 2.